The lowest BCUT2D eigenvalue weighted by Crippen LogP contribution is -2.44. The highest BCUT2D eigenvalue weighted by atomic mass is 35.5. The summed E-state index contributed by atoms with van der Waals surface area (Å²) in [6.45, 7) is -0.0472. The Morgan fingerprint density at radius 2 is 1.89 bits per heavy atom. The maximum atomic E-state index is 14.0. The Hall–Kier alpha value is -3.40. The number of benzene rings is 3. The van der Waals surface area contributed by atoms with Crippen LogP contribution in [-0.4, -0.2) is 28.3 Å². The minimum absolute atomic E-state index is 0.0472. The highest BCUT2D eigenvalue weighted by Gasteiger charge is 2.33. The van der Waals surface area contributed by atoms with E-state index in [2.05, 4.69) is 5.43 Å². The summed E-state index contributed by atoms with van der Waals surface area (Å²) in [7, 11) is 1.53. The van der Waals surface area contributed by atoms with Crippen LogP contribution in [0.25, 0.3) is 6.08 Å². The number of nitrogens with one attached hydrogen (secondary N) is 1. The standard InChI is InChI=1S/C25H18ClFN2O4S2/c1-32-17-10-8-16(9-11-17)23(30)28-29-24(31)22(35-25(29)34)13-15-4-2-5-18(12-15)33-14-19-20(26)6-3-7-21(19)27/h2-13H,14H2,1H3,(H,28,30)/b22-13+. The van der Waals surface area contributed by atoms with Gasteiger partial charge in [0.25, 0.3) is 11.8 Å². The monoisotopic (exact) mass is 528 g/mol. The summed E-state index contributed by atoms with van der Waals surface area (Å²) in [5.74, 6) is -0.299. The molecule has 3 aromatic rings. The smallest absolute Gasteiger partial charge is 0.285 e. The van der Waals surface area contributed by atoms with Crippen LogP contribution in [0, 0.1) is 5.82 Å². The zero-order chi connectivity index (χ0) is 24.9. The lowest BCUT2D eigenvalue weighted by Gasteiger charge is -2.15. The van der Waals surface area contributed by atoms with Crippen molar-refractivity contribution in [3.63, 3.8) is 0 Å². The molecular weight excluding hydrogens is 511 g/mol. The molecule has 1 N–H and O–H groups in total. The molecule has 0 radical (unpaired) electrons. The Morgan fingerprint density at radius 1 is 1.14 bits per heavy atom. The van der Waals surface area contributed by atoms with Crippen molar-refractivity contribution in [3.8, 4) is 11.5 Å². The summed E-state index contributed by atoms with van der Waals surface area (Å²) in [6.07, 6.45) is 1.64. The van der Waals surface area contributed by atoms with Gasteiger partial charge in [-0.05, 0) is 72.4 Å². The number of thiocarbonyl (C=S) groups is 1. The highest BCUT2D eigenvalue weighted by molar-refractivity contribution is 8.26. The van der Waals surface area contributed by atoms with E-state index >= 15 is 0 Å². The molecule has 0 aliphatic carbocycles. The molecule has 1 heterocycles. The molecule has 0 unspecified atom stereocenters. The van der Waals surface area contributed by atoms with E-state index in [9.17, 15) is 14.0 Å². The van der Waals surface area contributed by atoms with Gasteiger partial charge in [-0.25, -0.2) is 4.39 Å². The zero-order valence-electron chi connectivity index (χ0n) is 18.3. The molecule has 0 saturated carbocycles. The Bertz CT molecular complexity index is 1310. The quantitative estimate of drug-likeness (QED) is 0.317. The van der Waals surface area contributed by atoms with E-state index in [1.54, 1.807) is 60.7 Å². The number of methoxy groups -OCH3 is 1. The van der Waals surface area contributed by atoms with Crippen molar-refractivity contribution in [3.05, 3.63) is 99.2 Å². The van der Waals surface area contributed by atoms with Crippen LogP contribution in [0.1, 0.15) is 21.5 Å². The van der Waals surface area contributed by atoms with E-state index in [1.165, 1.54) is 19.2 Å². The summed E-state index contributed by atoms with van der Waals surface area (Å²) in [6, 6.07) is 17.8. The number of hydrazine groups is 1. The number of thioether (sulfide) groups is 1. The second-order valence-corrected chi connectivity index (χ2v) is 9.33. The topological polar surface area (TPSA) is 67.9 Å². The lowest BCUT2D eigenvalue weighted by atomic mass is 10.2. The number of hydrogen-bond donors (Lipinski definition) is 1. The fraction of sp³-hybridized carbons (Fsp3) is 0.0800. The van der Waals surface area contributed by atoms with E-state index in [0.717, 1.165) is 16.8 Å². The normalized spacial score (nSPS) is 14.4. The van der Waals surface area contributed by atoms with Crippen LogP contribution in [-0.2, 0) is 11.4 Å². The summed E-state index contributed by atoms with van der Waals surface area (Å²) in [5, 5.41) is 1.32. The molecule has 0 atom stereocenters. The van der Waals surface area contributed by atoms with Gasteiger partial charge in [-0.2, -0.15) is 5.01 Å². The van der Waals surface area contributed by atoms with Crippen LogP contribution in [0.5, 0.6) is 11.5 Å². The van der Waals surface area contributed by atoms with Gasteiger partial charge in [0.1, 0.15) is 23.9 Å². The Balaban J connectivity index is 1.44. The van der Waals surface area contributed by atoms with E-state index in [4.69, 9.17) is 33.3 Å². The number of rotatable bonds is 7. The maximum Gasteiger partial charge on any atom is 0.285 e. The first kappa shape index (κ1) is 24.7. The van der Waals surface area contributed by atoms with Gasteiger partial charge in [-0.15, -0.1) is 0 Å². The average Bonchev–Trinajstić information content (AvgIpc) is 3.11. The number of carbonyl (C=O) groups is 2. The SMILES string of the molecule is COc1ccc(C(=O)NN2C(=O)/C(=C\c3cccc(OCc4c(F)cccc4Cl)c3)SC2=S)cc1. The van der Waals surface area contributed by atoms with Crippen LogP contribution in [0.2, 0.25) is 5.02 Å². The molecule has 2 amide bonds. The van der Waals surface area contributed by atoms with Crippen LogP contribution in [0.3, 0.4) is 0 Å². The van der Waals surface area contributed by atoms with Crippen LogP contribution in [0.15, 0.2) is 71.6 Å². The second-order valence-electron chi connectivity index (χ2n) is 7.25. The Labute approximate surface area is 215 Å². The van der Waals surface area contributed by atoms with Gasteiger partial charge in [0, 0.05) is 11.1 Å². The Morgan fingerprint density at radius 3 is 2.60 bits per heavy atom. The van der Waals surface area contributed by atoms with Crippen molar-refractivity contribution in [2.45, 2.75) is 6.61 Å². The van der Waals surface area contributed by atoms with Crippen LogP contribution in [0.4, 0.5) is 4.39 Å². The molecule has 4 rings (SSSR count). The number of hydrogen-bond acceptors (Lipinski definition) is 6. The summed E-state index contributed by atoms with van der Waals surface area (Å²) in [4.78, 5) is 25.8. The minimum atomic E-state index is -0.479. The van der Waals surface area contributed by atoms with Crippen molar-refractivity contribution in [1.82, 2.24) is 10.4 Å². The highest BCUT2D eigenvalue weighted by Crippen LogP contribution is 2.32. The maximum absolute atomic E-state index is 14.0. The third kappa shape index (κ3) is 5.82. The van der Waals surface area contributed by atoms with E-state index in [0.29, 0.717) is 27.5 Å². The second kappa shape index (κ2) is 10.9. The molecule has 0 spiro atoms. The molecule has 0 aromatic heterocycles. The van der Waals surface area contributed by atoms with Gasteiger partial charge in [-0.1, -0.05) is 41.6 Å². The zero-order valence-corrected chi connectivity index (χ0v) is 20.7. The summed E-state index contributed by atoms with van der Waals surface area (Å²) >= 11 is 12.4. The van der Waals surface area contributed by atoms with Crippen molar-refractivity contribution in [2.24, 2.45) is 0 Å². The lowest BCUT2D eigenvalue weighted by molar-refractivity contribution is -0.123. The van der Waals surface area contributed by atoms with Crippen molar-refractivity contribution >= 4 is 57.8 Å². The number of carbonyl (C=O) groups excluding carboxylic acids is 2. The first-order valence-electron chi connectivity index (χ1n) is 10.2. The summed E-state index contributed by atoms with van der Waals surface area (Å²) in [5.41, 5.74) is 3.82. The molecule has 1 saturated heterocycles. The molecule has 1 fully saturated rings. The predicted octanol–water partition coefficient (Wildman–Crippen LogP) is 5.61. The molecular formula is C25H18ClFN2O4S2. The molecule has 3 aromatic carbocycles. The van der Waals surface area contributed by atoms with Gasteiger partial charge >= 0.3 is 0 Å². The molecule has 178 valence electrons. The molecule has 1 aliphatic heterocycles. The third-order valence-electron chi connectivity index (χ3n) is 4.96. The summed E-state index contributed by atoms with van der Waals surface area (Å²) < 4.78 is 25.0. The largest absolute Gasteiger partial charge is 0.497 e. The number of halogens is 2. The minimum Gasteiger partial charge on any atom is -0.497 e. The van der Waals surface area contributed by atoms with Crippen LogP contribution < -0.4 is 14.9 Å². The fourth-order valence-corrected chi connectivity index (χ4v) is 4.54. The van der Waals surface area contributed by atoms with Crippen LogP contribution >= 0.6 is 35.6 Å². The van der Waals surface area contributed by atoms with Crippen molar-refractivity contribution in [1.29, 1.82) is 0 Å². The molecule has 10 heteroatoms. The van der Waals surface area contributed by atoms with Gasteiger partial charge in [0.05, 0.1) is 17.0 Å². The first-order chi connectivity index (χ1) is 16.9. The molecule has 35 heavy (non-hydrogen) atoms. The molecule has 0 bridgehead atoms. The number of amides is 2. The number of nitrogens with zero attached hydrogens (tertiary/aromatic N) is 1. The third-order valence-corrected chi connectivity index (χ3v) is 6.62. The van der Waals surface area contributed by atoms with E-state index in [1.807, 2.05) is 0 Å². The fourth-order valence-electron chi connectivity index (χ4n) is 3.14. The van der Waals surface area contributed by atoms with Gasteiger partial charge in [-0.3, -0.25) is 15.0 Å². The molecule has 6 nitrogen and oxygen atoms in total. The van der Waals surface area contributed by atoms with Crippen molar-refractivity contribution in [2.75, 3.05) is 7.11 Å². The van der Waals surface area contributed by atoms with E-state index in [-0.39, 0.29) is 21.5 Å². The molecule has 1 aliphatic rings. The predicted molar refractivity (Wildman–Crippen MR) is 138 cm³/mol. The first-order valence-corrected chi connectivity index (χ1v) is 11.8. The number of ether oxygens (including phenoxy) is 2. The van der Waals surface area contributed by atoms with Crippen molar-refractivity contribution < 1.29 is 23.5 Å². The van der Waals surface area contributed by atoms with Gasteiger partial charge in [0.15, 0.2) is 4.32 Å². The van der Waals surface area contributed by atoms with Gasteiger partial charge in [0.2, 0.25) is 0 Å². The average molecular weight is 529 g/mol. The Kier molecular flexibility index (Phi) is 7.70. The van der Waals surface area contributed by atoms with Gasteiger partial charge < -0.3 is 9.47 Å². The van der Waals surface area contributed by atoms with E-state index < -0.39 is 17.6 Å².